The first-order valence-corrected chi connectivity index (χ1v) is 5.72. The highest BCUT2D eigenvalue weighted by atomic mass is 127. The molecule has 1 aliphatic rings. The summed E-state index contributed by atoms with van der Waals surface area (Å²) < 4.78 is 5.53. The lowest BCUT2D eigenvalue weighted by Gasteiger charge is -2.23. The Kier molecular flexibility index (Phi) is 4.10. The summed E-state index contributed by atoms with van der Waals surface area (Å²) in [7, 11) is 0. The number of allylic oxidation sites excluding steroid dienone is 2. The third kappa shape index (κ3) is 2.34. The Hall–Kier alpha value is -0.390. The molecule has 0 amide bonds. The van der Waals surface area contributed by atoms with Crippen molar-refractivity contribution in [2.45, 2.75) is 20.3 Å². The smallest absolute Gasteiger partial charge is 0.317 e. The molecule has 0 radical (unpaired) electrons. The van der Waals surface area contributed by atoms with Crippen LogP contribution < -0.4 is 0 Å². The minimum absolute atomic E-state index is 0.0556. The van der Waals surface area contributed by atoms with E-state index in [9.17, 15) is 9.59 Å². The van der Waals surface area contributed by atoms with Crippen molar-refractivity contribution in [3.8, 4) is 0 Å². The molecule has 2 atom stereocenters. The molecule has 0 heterocycles. The van der Waals surface area contributed by atoms with Crippen molar-refractivity contribution >= 4 is 34.3 Å². The van der Waals surface area contributed by atoms with Gasteiger partial charge < -0.3 is 4.74 Å². The van der Waals surface area contributed by atoms with E-state index in [0.717, 1.165) is 6.42 Å². The minimum Gasteiger partial charge on any atom is -0.465 e. The van der Waals surface area contributed by atoms with Gasteiger partial charge in [-0.05, 0) is 41.9 Å². The van der Waals surface area contributed by atoms with E-state index in [0.29, 0.717) is 10.2 Å². The molecule has 14 heavy (non-hydrogen) atoms. The Labute approximate surface area is 97.0 Å². The molecule has 0 aromatic rings. The number of esters is 1. The van der Waals surface area contributed by atoms with Crippen LogP contribution in [-0.4, -0.2) is 18.4 Å². The van der Waals surface area contributed by atoms with Crippen molar-refractivity contribution < 1.29 is 14.3 Å². The van der Waals surface area contributed by atoms with Gasteiger partial charge in [-0.1, -0.05) is 13.0 Å². The summed E-state index contributed by atoms with van der Waals surface area (Å²) >= 11 is 1.97. The van der Waals surface area contributed by atoms with E-state index in [1.54, 1.807) is 6.92 Å². The highest BCUT2D eigenvalue weighted by Crippen LogP contribution is 2.30. The zero-order chi connectivity index (χ0) is 10.7. The Morgan fingerprint density at radius 2 is 2.36 bits per heavy atom. The number of Topliss-reactive ketones (excluding diaryl/α,β-unsaturated/α-hetero) is 1. The van der Waals surface area contributed by atoms with Crippen molar-refractivity contribution in [1.82, 2.24) is 0 Å². The first-order chi connectivity index (χ1) is 6.57. The van der Waals surface area contributed by atoms with Gasteiger partial charge in [0.25, 0.3) is 0 Å². The first-order valence-electron chi connectivity index (χ1n) is 4.64. The molecule has 0 fully saturated rings. The van der Waals surface area contributed by atoms with E-state index in [1.165, 1.54) is 0 Å². The molecule has 3 nitrogen and oxygen atoms in total. The Bertz CT molecular complexity index is 283. The maximum absolute atomic E-state index is 11.7. The SMILES string of the molecule is CCOC(=O)[C@H]1C(=O)C(I)=CC[C@@H]1C. The third-order valence-corrected chi connectivity index (χ3v) is 3.27. The largest absolute Gasteiger partial charge is 0.465 e. The molecule has 0 aliphatic heterocycles. The van der Waals surface area contributed by atoms with Crippen LogP contribution in [-0.2, 0) is 14.3 Å². The number of carbonyl (C=O) groups excluding carboxylic acids is 2. The van der Waals surface area contributed by atoms with Crippen molar-refractivity contribution in [3.63, 3.8) is 0 Å². The Morgan fingerprint density at radius 1 is 1.71 bits per heavy atom. The van der Waals surface area contributed by atoms with E-state index < -0.39 is 5.92 Å². The minimum atomic E-state index is -0.591. The average Bonchev–Trinajstić information content (AvgIpc) is 2.13. The van der Waals surface area contributed by atoms with Gasteiger partial charge in [0.1, 0.15) is 5.92 Å². The van der Waals surface area contributed by atoms with Crippen molar-refractivity contribution in [1.29, 1.82) is 0 Å². The maximum Gasteiger partial charge on any atom is 0.317 e. The highest BCUT2D eigenvalue weighted by molar-refractivity contribution is 14.1. The van der Waals surface area contributed by atoms with Crippen LogP contribution in [0.5, 0.6) is 0 Å². The van der Waals surface area contributed by atoms with Gasteiger partial charge in [0.15, 0.2) is 5.78 Å². The number of halogens is 1. The second-order valence-electron chi connectivity index (χ2n) is 3.36. The summed E-state index contributed by atoms with van der Waals surface area (Å²) in [5, 5.41) is 0. The van der Waals surface area contributed by atoms with Crippen LogP contribution in [0.15, 0.2) is 9.66 Å². The summed E-state index contributed by atoms with van der Waals surface area (Å²) in [5.41, 5.74) is 0. The predicted molar refractivity (Wildman–Crippen MR) is 61.0 cm³/mol. The summed E-state index contributed by atoms with van der Waals surface area (Å²) in [4.78, 5) is 23.2. The number of ketones is 1. The van der Waals surface area contributed by atoms with Gasteiger partial charge in [0.2, 0.25) is 0 Å². The maximum atomic E-state index is 11.7. The van der Waals surface area contributed by atoms with E-state index in [2.05, 4.69) is 0 Å². The van der Waals surface area contributed by atoms with Crippen LogP contribution in [0.2, 0.25) is 0 Å². The third-order valence-electron chi connectivity index (χ3n) is 2.30. The van der Waals surface area contributed by atoms with E-state index in [4.69, 9.17) is 4.74 Å². The van der Waals surface area contributed by atoms with Gasteiger partial charge in [0, 0.05) is 0 Å². The fourth-order valence-corrected chi connectivity index (χ4v) is 2.09. The molecule has 0 aromatic carbocycles. The molecular formula is C10H13IO3. The van der Waals surface area contributed by atoms with E-state index in [-0.39, 0.29) is 17.7 Å². The predicted octanol–water partition coefficient (Wildman–Crippen LogP) is 2.09. The van der Waals surface area contributed by atoms with Crippen LogP contribution in [0.1, 0.15) is 20.3 Å². The fourth-order valence-electron chi connectivity index (χ4n) is 1.50. The Morgan fingerprint density at radius 3 is 2.93 bits per heavy atom. The number of carbonyl (C=O) groups is 2. The fraction of sp³-hybridized carbons (Fsp3) is 0.600. The number of hydrogen-bond donors (Lipinski definition) is 0. The molecular weight excluding hydrogens is 295 g/mol. The monoisotopic (exact) mass is 308 g/mol. The van der Waals surface area contributed by atoms with E-state index >= 15 is 0 Å². The summed E-state index contributed by atoms with van der Waals surface area (Å²) in [6.07, 6.45) is 2.65. The zero-order valence-electron chi connectivity index (χ0n) is 8.25. The van der Waals surface area contributed by atoms with Gasteiger partial charge in [-0.3, -0.25) is 9.59 Å². The van der Waals surface area contributed by atoms with Crippen molar-refractivity contribution in [3.05, 3.63) is 9.66 Å². The number of ether oxygens (including phenoxy) is 1. The van der Waals surface area contributed by atoms with Crippen LogP contribution in [0, 0.1) is 11.8 Å². The summed E-state index contributed by atoms with van der Waals surface area (Å²) in [6.45, 7) is 3.98. The quantitative estimate of drug-likeness (QED) is 0.446. The second kappa shape index (κ2) is 4.91. The average molecular weight is 308 g/mol. The van der Waals surface area contributed by atoms with Gasteiger partial charge in [-0.15, -0.1) is 0 Å². The standard InChI is InChI=1S/C10H13IO3/c1-3-14-10(13)8-6(2)4-5-7(11)9(8)12/h5-6,8H,3-4H2,1-2H3/t6-,8+/m0/s1. The molecule has 1 rings (SSSR count). The molecule has 0 N–H and O–H groups in total. The summed E-state index contributed by atoms with van der Waals surface area (Å²) in [6, 6.07) is 0. The molecule has 78 valence electrons. The number of hydrogen-bond acceptors (Lipinski definition) is 3. The lowest BCUT2D eigenvalue weighted by atomic mass is 9.83. The zero-order valence-corrected chi connectivity index (χ0v) is 10.4. The topological polar surface area (TPSA) is 43.4 Å². The van der Waals surface area contributed by atoms with Gasteiger partial charge in [-0.25, -0.2) is 0 Å². The lowest BCUT2D eigenvalue weighted by Crippen LogP contribution is -2.34. The molecule has 1 aliphatic carbocycles. The highest BCUT2D eigenvalue weighted by Gasteiger charge is 2.36. The van der Waals surface area contributed by atoms with Crippen LogP contribution >= 0.6 is 22.6 Å². The van der Waals surface area contributed by atoms with Crippen molar-refractivity contribution in [2.75, 3.05) is 6.61 Å². The Balaban J connectivity index is 2.81. The number of rotatable bonds is 2. The van der Waals surface area contributed by atoms with E-state index in [1.807, 2.05) is 35.6 Å². The van der Waals surface area contributed by atoms with Gasteiger partial charge >= 0.3 is 5.97 Å². The first kappa shape index (κ1) is 11.7. The van der Waals surface area contributed by atoms with Crippen molar-refractivity contribution in [2.24, 2.45) is 11.8 Å². The molecule has 0 bridgehead atoms. The summed E-state index contributed by atoms with van der Waals surface area (Å²) in [5.74, 6) is -1.01. The van der Waals surface area contributed by atoms with Gasteiger partial charge in [-0.2, -0.15) is 0 Å². The lowest BCUT2D eigenvalue weighted by molar-refractivity contribution is -0.152. The van der Waals surface area contributed by atoms with Gasteiger partial charge in [0.05, 0.1) is 10.2 Å². The molecule has 0 saturated heterocycles. The molecule has 0 saturated carbocycles. The van der Waals surface area contributed by atoms with Crippen LogP contribution in [0.3, 0.4) is 0 Å². The molecule has 0 spiro atoms. The molecule has 4 heteroatoms. The molecule has 0 aromatic heterocycles. The van der Waals surface area contributed by atoms with Crippen LogP contribution in [0.25, 0.3) is 0 Å². The van der Waals surface area contributed by atoms with Crippen LogP contribution in [0.4, 0.5) is 0 Å². The normalized spacial score (nSPS) is 27.1. The molecule has 0 unspecified atom stereocenters. The second-order valence-corrected chi connectivity index (χ2v) is 4.52.